The Hall–Kier alpha value is -1.54. The van der Waals surface area contributed by atoms with Crippen LogP contribution in [0.3, 0.4) is 0 Å². The van der Waals surface area contributed by atoms with Crippen LogP contribution in [0.25, 0.3) is 0 Å². The Kier molecular flexibility index (Phi) is 9.15. The number of nitrogens with zero attached hydrogens (tertiary/aromatic N) is 2. The molecule has 1 aliphatic heterocycles. The van der Waals surface area contributed by atoms with Gasteiger partial charge in [-0.1, -0.05) is 0 Å². The van der Waals surface area contributed by atoms with Crippen LogP contribution in [0.4, 0.5) is 10.8 Å². The van der Waals surface area contributed by atoms with Gasteiger partial charge in [0.2, 0.25) is 0 Å². The number of thiazole rings is 1. The number of methoxy groups -OCH3 is 1. The molecule has 144 valence electrons. The quantitative estimate of drug-likeness (QED) is 0.776. The smallest absolute Gasteiger partial charge is 0.273 e. The first kappa shape index (κ1) is 22.5. The van der Waals surface area contributed by atoms with Crippen LogP contribution in [0.5, 0.6) is 5.75 Å². The molecule has 1 fully saturated rings. The number of hydrogen-bond donors (Lipinski definition) is 2. The van der Waals surface area contributed by atoms with E-state index < -0.39 is 0 Å². The topological polar surface area (TPSA) is 66.5 Å². The second-order valence-corrected chi connectivity index (χ2v) is 6.63. The molecule has 2 aromatic rings. The van der Waals surface area contributed by atoms with Crippen molar-refractivity contribution in [3.63, 3.8) is 0 Å². The molecule has 1 aromatic heterocycles. The third-order valence-corrected chi connectivity index (χ3v) is 4.94. The van der Waals surface area contributed by atoms with Gasteiger partial charge in [-0.25, -0.2) is 4.98 Å². The van der Waals surface area contributed by atoms with Crippen molar-refractivity contribution >= 4 is 52.9 Å². The van der Waals surface area contributed by atoms with Crippen LogP contribution in [-0.4, -0.2) is 49.1 Å². The molecule has 0 saturated carbocycles. The third kappa shape index (κ3) is 5.48. The third-order valence-electron chi connectivity index (χ3n) is 4.18. The molecule has 2 heterocycles. The molecular formula is C17H24Cl2N4O2S. The Morgan fingerprint density at radius 2 is 2.04 bits per heavy atom. The number of hydrogen-bond acceptors (Lipinski definition) is 6. The molecule has 0 radical (unpaired) electrons. The molecular weight excluding hydrogens is 395 g/mol. The number of ether oxygens (including phenoxy) is 1. The SMILES string of the molecule is CNC1CCCN(C(=O)c2csc(Nc3ccc(OC)cc3)n2)C1.Cl.Cl. The zero-order valence-corrected chi connectivity index (χ0v) is 17.2. The van der Waals surface area contributed by atoms with Gasteiger partial charge in [0.1, 0.15) is 11.4 Å². The van der Waals surface area contributed by atoms with Crippen molar-refractivity contribution in [1.82, 2.24) is 15.2 Å². The number of piperidine rings is 1. The first-order chi connectivity index (χ1) is 11.7. The van der Waals surface area contributed by atoms with E-state index in [1.807, 2.05) is 41.6 Å². The Bertz CT molecular complexity index is 696. The van der Waals surface area contributed by atoms with E-state index in [2.05, 4.69) is 15.6 Å². The van der Waals surface area contributed by atoms with E-state index in [-0.39, 0.29) is 30.7 Å². The van der Waals surface area contributed by atoms with Crippen molar-refractivity contribution in [2.45, 2.75) is 18.9 Å². The number of halogens is 2. The fourth-order valence-corrected chi connectivity index (χ4v) is 3.49. The maximum atomic E-state index is 12.6. The molecule has 2 N–H and O–H groups in total. The first-order valence-electron chi connectivity index (χ1n) is 8.02. The van der Waals surface area contributed by atoms with Gasteiger partial charge in [-0.15, -0.1) is 36.2 Å². The van der Waals surface area contributed by atoms with Crippen molar-refractivity contribution in [1.29, 1.82) is 0 Å². The van der Waals surface area contributed by atoms with Crippen molar-refractivity contribution in [3.8, 4) is 5.75 Å². The average molecular weight is 419 g/mol. The summed E-state index contributed by atoms with van der Waals surface area (Å²) in [5.41, 5.74) is 1.42. The molecule has 0 bridgehead atoms. The molecule has 3 rings (SSSR count). The summed E-state index contributed by atoms with van der Waals surface area (Å²) in [7, 11) is 3.58. The number of benzene rings is 1. The van der Waals surface area contributed by atoms with Crippen LogP contribution in [0.15, 0.2) is 29.6 Å². The molecule has 1 unspecified atom stereocenters. The fourth-order valence-electron chi connectivity index (χ4n) is 2.79. The summed E-state index contributed by atoms with van der Waals surface area (Å²) < 4.78 is 5.14. The van der Waals surface area contributed by atoms with Crippen LogP contribution in [0, 0.1) is 0 Å². The molecule has 9 heteroatoms. The highest BCUT2D eigenvalue weighted by Gasteiger charge is 2.25. The molecule has 6 nitrogen and oxygen atoms in total. The first-order valence-corrected chi connectivity index (χ1v) is 8.90. The van der Waals surface area contributed by atoms with Gasteiger partial charge >= 0.3 is 0 Å². The van der Waals surface area contributed by atoms with E-state index in [4.69, 9.17) is 4.74 Å². The number of aromatic nitrogens is 1. The van der Waals surface area contributed by atoms with E-state index in [0.29, 0.717) is 16.9 Å². The lowest BCUT2D eigenvalue weighted by Crippen LogP contribution is -2.47. The van der Waals surface area contributed by atoms with Crippen molar-refractivity contribution in [2.75, 3.05) is 32.6 Å². The largest absolute Gasteiger partial charge is 0.497 e. The second-order valence-electron chi connectivity index (χ2n) is 5.77. The van der Waals surface area contributed by atoms with Gasteiger partial charge in [-0.2, -0.15) is 0 Å². The highest BCUT2D eigenvalue weighted by molar-refractivity contribution is 7.14. The standard InChI is InChI=1S/C17H22N4O2S.2ClH/c1-18-13-4-3-9-21(10-13)16(22)15-11-24-17(20-15)19-12-5-7-14(23-2)8-6-12;;/h5-8,11,13,18H,3-4,9-10H2,1-2H3,(H,19,20);2*1H. The zero-order valence-electron chi connectivity index (χ0n) is 14.7. The minimum atomic E-state index is 0. The molecule has 1 atom stereocenters. The maximum Gasteiger partial charge on any atom is 0.273 e. The lowest BCUT2D eigenvalue weighted by molar-refractivity contribution is 0.0693. The van der Waals surface area contributed by atoms with Crippen LogP contribution < -0.4 is 15.4 Å². The summed E-state index contributed by atoms with van der Waals surface area (Å²) in [4.78, 5) is 18.9. The number of carbonyl (C=O) groups is 1. The molecule has 26 heavy (non-hydrogen) atoms. The molecule has 1 aromatic carbocycles. The van der Waals surface area contributed by atoms with Gasteiger partial charge in [-0.3, -0.25) is 4.79 Å². The zero-order chi connectivity index (χ0) is 16.9. The van der Waals surface area contributed by atoms with Crippen molar-refractivity contribution < 1.29 is 9.53 Å². The van der Waals surface area contributed by atoms with Gasteiger partial charge in [-0.05, 0) is 44.2 Å². The number of rotatable bonds is 5. The van der Waals surface area contributed by atoms with Gasteiger partial charge in [0.15, 0.2) is 5.13 Å². The molecule has 0 spiro atoms. The van der Waals surface area contributed by atoms with Crippen molar-refractivity contribution in [2.24, 2.45) is 0 Å². The number of likely N-dealkylation sites (N-methyl/N-ethyl adjacent to an activating group) is 1. The van der Waals surface area contributed by atoms with Crippen LogP contribution >= 0.6 is 36.2 Å². The summed E-state index contributed by atoms with van der Waals surface area (Å²) >= 11 is 1.44. The van der Waals surface area contributed by atoms with Crippen LogP contribution in [0.1, 0.15) is 23.3 Å². The number of anilines is 2. The monoisotopic (exact) mass is 418 g/mol. The number of carbonyl (C=O) groups excluding carboxylic acids is 1. The Balaban J connectivity index is 0.00000169. The summed E-state index contributed by atoms with van der Waals surface area (Å²) in [5, 5.41) is 9.01. The Morgan fingerprint density at radius 1 is 1.31 bits per heavy atom. The van der Waals surface area contributed by atoms with Gasteiger partial charge < -0.3 is 20.3 Å². The predicted octanol–water partition coefficient (Wildman–Crippen LogP) is 3.56. The lowest BCUT2D eigenvalue weighted by atomic mass is 10.1. The molecule has 1 saturated heterocycles. The summed E-state index contributed by atoms with van der Waals surface area (Å²) in [6, 6.07) is 7.98. The lowest BCUT2D eigenvalue weighted by Gasteiger charge is -2.32. The molecule has 1 amide bonds. The van der Waals surface area contributed by atoms with E-state index in [0.717, 1.165) is 37.4 Å². The number of likely N-dealkylation sites (tertiary alicyclic amines) is 1. The highest BCUT2D eigenvalue weighted by atomic mass is 35.5. The van der Waals surface area contributed by atoms with E-state index in [1.54, 1.807) is 7.11 Å². The average Bonchev–Trinajstić information content (AvgIpc) is 3.10. The molecule has 0 aliphatic carbocycles. The minimum Gasteiger partial charge on any atom is -0.497 e. The van der Waals surface area contributed by atoms with Gasteiger partial charge in [0.05, 0.1) is 7.11 Å². The maximum absolute atomic E-state index is 12.6. The van der Waals surface area contributed by atoms with Crippen LogP contribution in [-0.2, 0) is 0 Å². The van der Waals surface area contributed by atoms with Crippen LogP contribution in [0.2, 0.25) is 0 Å². The summed E-state index contributed by atoms with van der Waals surface area (Å²) in [6.07, 6.45) is 2.14. The fraction of sp³-hybridized carbons (Fsp3) is 0.412. The predicted molar refractivity (Wildman–Crippen MR) is 111 cm³/mol. The number of amides is 1. The van der Waals surface area contributed by atoms with E-state index in [1.165, 1.54) is 11.3 Å². The molecule has 1 aliphatic rings. The normalized spacial score (nSPS) is 16.2. The van der Waals surface area contributed by atoms with E-state index >= 15 is 0 Å². The van der Waals surface area contributed by atoms with Gasteiger partial charge in [0, 0.05) is 30.2 Å². The minimum absolute atomic E-state index is 0. The van der Waals surface area contributed by atoms with Crippen molar-refractivity contribution in [3.05, 3.63) is 35.3 Å². The highest BCUT2D eigenvalue weighted by Crippen LogP contribution is 2.24. The summed E-state index contributed by atoms with van der Waals surface area (Å²) in [6.45, 7) is 1.55. The Labute approximate surface area is 170 Å². The van der Waals surface area contributed by atoms with Gasteiger partial charge in [0.25, 0.3) is 5.91 Å². The Morgan fingerprint density at radius 3 is 2.69 bits per heavy atom. The second kappa shape index (κ2) is 10.6. The van der Waals surface area contributed by atoms with E-state index in [9.17, 15) is 4.79 Å². The summed E-state index contributed by atoms with van der Waals surface area (Å²) in [5.74, 6) is 0.814. The number of nitrogens with one attached hydrogen (secondary N) is 2.